The van der Waals surface area contributed by atoms with Gasteiger partial charge >= 0.3 is 0 Å². The van der Waals surface area contributed by atoms with E-state index in [1.165, 1.54) is 11.1 Å². The Labute approximate surface area is 140 Å². The Balaban J connectivity index is 1.97. The van der Waals surface area contributed by atoms with Gasteiger partial charge in [0.05, 0.1) is 12.5 Å². The summed E-state index contributed by atoms with van der Waals surface area (Å²) in [5, 5.41) is 3.62. The highest BCUT2D eigenvalue weighted by Gasteiger charge is 2.17. The number of nitrogens with zero attached hydrogens (tertiary/aromatic N) is 2. The summed E-state index contributed by atoms with van der Waals surface area (Å²) in [6.07, 6.45) is 3.40. The minimum atomic E-state index is 0.890. The number of aromatic nitrogens is 2. The standard InChI is InChI=1S/C20H19N3O/c1-13-6-4-7-14(2)18(13)22-20-19(16-10-11-24-12-16)21-17-9-5-8-15(3)23(17)20/h4-12,22H,1-3H3. The van der Waals surface area contributed by atoms with Crippen molar-refractivity contribution >= 4 is 17.2 Å². The Morgan fingerprint density at radius 2 is 1.71 bits per heavy atom. The molecule has 4 rings (SSSR count). The van der Waals surface area contributed by atoms with Crippen molar-refractivity contribution in [3.05, 3.63) is 71.8 Å². The Hall–Kier alpha value is -3.01. The molecule has 0 saturated carbocycles. The van der Waals surface area contributed by atoms with Gasteiger partial charge in [0.25, 0.3) is 0 Å². The van der Waals surface area contributed by atoms with Gasteiger partial charge in [-0.15, -0.1) is 0 Å². The van der Waals surface area contributed by atoms with Crippen molar-refractivity contribution in [2.45, 2.75) is 20.8 Å². The van der Waals surface area contributed by atoms with E-state index in [1.54, 1.807) is 12.5 Å². The molecule has 1 aromatic carbocycles. The fourth-order valence-electron chi connectivity index (χ4n) is 3.10. The Kier molecular flexibility index (Phi) is 3.38. The lowest BCUT2D eigenvalue weighted by atomic mass is 10.1. The first-order valence-electron chi connectivity index (χ1n) is 7.99. The molecule has 0 spiro atoms. The van der Waals surface area contributed by atoms with Crippen molar-refractivity contribution in [2.75, 3.05) is 5.32 Å². The van der Waals surface area contributed by atoms with Crippen LogP contribution in [-0.2, 0) is 0 Å². The van der Waals surface area contributed by atoms with E-state index in [0.29, 0.717) is 0 Å². The highest BCUT2D eigenvalue weighted by molar-refractivity contribution is 5.81. The van der Waals surface area contributed by atoms with Gasteiger partial charge in [-0.05, 0) is 50.1 Å². The molecule has 4 aromatic rings. The van der Waals surface area contributed by atoms with Crippen molar-refractivity contribution in [3.8, 4) is 11.3 Å². The Bertz CT molecular complexity index is 993. The smallest absolute Gasteiger partial charge is 0.143 e. The van der Waals surface area contributed by atoms with E-state index in [0.717, 1.165) is 34.1 Å². The normalized spacial score (nSPS) is 11.1. The minimum absolute atomic E-state index is 0.890. The van der Waals surface area contributed by atoms with Gasteiger partial charge in [0.2, 0.25) is 0 Å². The summed E-state index contributed by atoms with van der Waals surface area (Å²) in [6.45, 7) is 6.32. The first-order valence-corrected chi connectivity index (χ1v) is 7.99. The van der Waals surface area contributed by atoms with Gasteiger partial charge < -0.3 is 9.73 Å². The highest BCUT2D eigenvalue weighted by atomic mass is 16.3. The van der Waals surface area contributed by atoms with Gasteiger partial charge in [-0.25, -0.2) is 4.98 Å². The van der Waals surface area contributed by atoms with E-state index < -0.39 is 0 Å². The van der Waals surface area contributed by atoms with Crippen LogP contribution < -0.4 is 5.32 Å². The largest absolute Gasteiger partial charge is 0.472 e. The lowest BCUT2D eigenvalue weighted by Gasteiger charge is -2.14. The number of furan rings is 1. The van der Waals surface area contributed by atoms with Gasteiger partial charge in [0, 0.05) is 16.9 Å². The predicted molar refractivity (Wildman–Crippen MR) is 96.8 cm³/mol. The van der Waals surface area contributed by atoms with Gasteiger partial charge in [-0.1, -0.05) is 24.3 Å². The minimum Gasteiger partial charge on any atom is -0.472 e. The number of nitrogens with one attached hydrogen (secondary N) is 1. The van der Waals surface area contributed by atoms with E-state index in [4.69, 9.17) is 9.40 Å². The SMILES string of the molecule is Cc1cccc(C)c1Nc1c(-c2ccoc2)nc2cccc(C)n12. The van der Waals surface area contributed by atoms with Gasteiger partial charge in [-0.2, -0.15) is 0 Å². The van der Waals surface area contributed by atoms with Gasteiger partial charge in [0.1, 0.15) is 17.2 Å². The number of aryl methyl sites for hydroxylation is 3. The zero-order valence-corrected chi connectivity index (χ0v) is 14.0. The first kappa shape index (κ1) is 14.6. The monoisotopic (exact) mass is 317 g/mol. The van der Waals surface area contributed by atoms with Crippen LogP contribution in [0.4, 0.5) is 11.5 Å². The third-order valence-corrected chi connectivity index (χ3v) is 4.36. The van der Waals surface area contributed by atoms with Crippen LogP contribution in [0, 0.1) is 20.8 Å². The van der Waals surface area contributed by atoms with Gasteiger partial charge in [0.15, 0.2) is 0 Å². The van der Waals surface area contributed by atoms with Crippen molar-refractivity contribution in [2.24, 2.45) is 0 Å². The number of benzene rings is 1. The summed E-state index contributed by atoms with van der Waals surface area (Å²) in [4.78, 5) is 4.81. The van der Waals surface area contributed by atoms with E-state index >= 15 is 0 Å². The Morgan fingerprint density at radius 3 is 2.42 bits per heavy atom. The maximum atomic E-state index is 5.27. The number of rotatable bonds is 3. The van der Waals surface area contributed by atoms with Crippen molar-refractivity contribution in [1.82, 2.24) is 9.38 Å². The van der Waals surface area contributed by atoms with Crippen LogP contribution in [0.25, 0.3) is 16.9 Å². The molecule has 24 heavy (non-hydrogen) atoms. The molecule has 0 unspecified atom stereocenters. The maximum absolute atomic E-state index is 5.27. The van der Waals surface area contributed by atoms with E-state index in [2.05, 4.69) is 54.8 Å². The lowest BCUT2D eigenvalue weighted by Crippen LogP contribution is -2.02. The number of anilines is 2. The Morgan fingerprint density at radius 1 is 0.958 bits per heavy atom. The number of imidazole rings is 1. The molecule has 0 saturated heterocycles. The zero-order valence-electron chi connectivity index (χ0n) is 14.0. The number of fused-ring (bicyclic) bond motifs is 1. The summed E-state index contributed by atoms with van der Waals surface area (Å²) in [6, 6.07) is 14.4. The lowest BCUT2D eigenvalue weighted by molar-refractivity contribution is 0.568. The van der Waals surface area contributed by atoms with Crippen LogP contribution in [0.5, 0.6) is 0 Å². The summed E-state index contributed by atoms with van der Waals surface area (Å²) in [5.74, 6) is 0.960. The van der Waals surface area contributed by atoms with E-state index in [-0.39, 0.29) is 0 Å². The molecule has 0 atom stereocenters. The molecule has 0 bridgehead atoms. The van der Waals surface area contributed by atoms with Crippen LogP contribution in [0.15, 0.2) is 59.4 Å². The van der Waals surface area contributed by atoms with Crippen molar-refractivity contribution in [1.29, 1.82) is 0 Å². The molecule has 4 heteroatoms. The predicted octanol–water partition coefficient (Wildman–Crippen LogP) is 5.26. The zero-order chi connectivity index (χ0) is 16.7. The molecule has 0 amide bonds. The molecular weight excluding hydrogens is 298 g/mol. The first-order chi connectivity index (χ1) is 11.6. The second-order valence-electron chi connectivity index (χ2n) is 6.07. The quantitative estimate of drug-likeness (QED) is 0.560. The van der Waals surface area contributed by atoms with Crippen molar-refractivity contribution in [3.63, 3.8) is 0 Å². The van der Waals surface area contributed by atoms with E-state index in [9.17, 15) is 0 Å². The topological polar surface area (TPSA) is 42.5 Å². The molecule has 0 aliphatic carbocycles. The molecule has 3 aromatic heterocycles. The molecule has 4 nitrogen and oxygen atoms in total. The average molecular weight is 317 g/mol. The molecule has 0 radical (unpaired) electrons. The van der Waals surface area contributed by atoms with Crippen molar-refractivity contribution < 1.29 is 4.42 Å². The number of hydrogen-bond acceptors (Lipinski definition) is 3. The molecule has 0 aliphatic rings. The van der Waals surface area contributed by atoms with Gasteiger partial charge in [-0.3, -0.25) is 4.40 Å². The third kappa shape index (κ3) is 2.27. The summed E-state index contributed by atoms with van der Waals surface area (Å²) in [5.41, 5.74) is 7.43. The number of pyridine rings is 1. The summed E-state index contributed by atoms with van der Waals surface area (Å²) >= 11 is 0. The third-order valence-electron chi connectivity index (χ3n) is 4.36. The fraction of sp³-hybridized carbons (Fsp3) is 0.150. The number of para-hydroxylation sites is 1. The second-order valence-corrected chi connectivity index (χ2v) is 6.07. The fourth-order valence-corrected chi connectivity index (χ4v) is 3.10. The molecular formula is C20H19N3O. The maximum Gasteiger partial charge on any atom is 0.143 e. The summed E-state index contributed by atoms with van der Waals surface area (Å²) < 4.78 is 7.42. The van der Waals surface area contributed by atoms with Crippen LogP contribution in [0.2, 0.25) is 0 Å². The highest BCUT2D eigenvalue weighted by Crippen LogP contribution is 2.34. The molecule has 0 fully saturated rings. The molecule has 3 heterocycles. The second kappa shape index (κ2) is 5.57. The molecule has 1 N–H and O–H groups in total. The molecule has 120 valence electrons. The van der Waals surface area contributed by atoms with Crippen LogP contribution in [0.3, 0.4) is 0 Å². The van der Waals surface area contributed by atoms with E-state index in [1.807, 2.05) is 18.2 Å². The van der Waals surface area contributed by atoms with Crippen LogP contribution >= 0.6 is 0 Å². The van der Waals surface area contributed by atoms with Crippen LogP contribution in [-0.4, -0.2) is 9.38 Å². The average Bonchev–Trinajstić information content (AvgIpc) is 3.19. The van der Waals surface area contributed by atoms with Crippen LogP contribution in [0.1, 0.15) is 16.8 Å². The molecule has 0 aliphatic heterocycles. The number of hydrogen-bond donors (Lipinski definition) is 1. The summed E-state index contributed by atoms with van der Waals surface area (Å²) in [7, 11) is 0.